The second-order valence-electron chi connectivity index (χ2n) is 36.2. The number of carboxylic acids is 1. The van der Waals surface area contributed by atoms with Crippen LogP contribution in [0.1, 0.15) is 147 Å². The van der Waals surface area contributed by atoms with E-state index < -0.39 is 29.7 Å². The third-order valence-electron chi connectivity index (χ3n) is 24.1. The number of methoxy groups -OCH3 is 2. The molecule has 136 heavy (non-hydrogen) atoms. The fourth-order valence-electron chi connectivity index (χ4n) is 16.2. The number of hydrogen-bond donors (Lipinski definition) is 2. The van der Waals surface area contributed by atoms with Crippen LogP contribution in [0.2, 0.25) is 0 Å². The Balaban J connectivity index is 0.819. The maximum absolute atomic E-state index is 13.1. The SMILES string of the molecule is COCCOCCOCCOCCOCCOCCOCCOCCOCCOCCOCCOCCCC1(CCCOCCOCCOCCOCCOCCOCCOCCOCCOCCOCCOCCOC)c2cc(-c3ccc(CCCC(=O)O)cc3)ccc2-c2ccc(-c3ccc4c(c3)C(C)(CCCCNC(=O)CC(C)(C)C)c3cc(B5OC(C)(C)C(C)(C)O5)ccc3-4)cc21. The van der Waals surface area contributed by atoms with E-state index in [-0.39, 0.29) is 23.2 Å². The van der Waals surface area contributed by atoms with E-state index in [0.29, 0.717) is 330 Å². The van der Waals surface area contributed by atoms with E-state index in [9.17, 15) is 14.7 Å². The number of carbonyl (C=O) groups excluding carboxylic acids is 1. The minimum absolute atomic E-state index is 0.0850. The zero-order valence-electron chi connectivity index (χ0n) is 83.7. The van der Waals surface area contributed by atoms with Crippen LogP contribution in [0.15, 0.2) is 97.1 Å². The number of benzene rings is 5. The number of nitrogens with one attached hydrogen (secondary N) is 1. The Morgan fingerprint density at radius 2 is 0.588 bits per heavy atom. The molecule has 5 aromatic rings. The Morgan fingerprint density at radius 3 is 0.897 bits per heavy atom. The zero-order valence-corrected chi connectivity index (χ0v) is 83.7. The summed E-state index contributed by atoms with van der Waals surface area (Å²) in [6, 6.07) is 36.5. The Bertz CT molecular complexity index is 3890. The number of ether oxygens (including phenoxy) is 24. The molecular formula is C105H164BNO29. The van der Waals surface area contributed by atoms with Gasteiger partial charge in [0.05, 0.1) is 302 Å². The predicted octanol–water partition coefficient (Wildman–Crippen LogP) is 13.2. The standard InChI is InChI=1S/C105H164BNO29/c1-101(2,3)84-99(108)107-33-12-11-30-104(8)95-80-88(23-26-91(95)92-29-25-90(83-96(92)104)106-135-102(4,5)103(6,7)136-106)89-24-28-94-93-27-22-87(86-20-18-85(19-21-86)16-13-17-100(109)110)81-97(93)105(98(94)82-89,31-14-34-113-40-42-117-48-50-121-56-58-125-64-66-129-72-74-133-78-76-131-70-68-127-62-60-123-54-52-119-46-44-115-38-36-111-9)32-15-35-114-41-43-118-49-51-122-57-59-126-65-67-130-73-75-134-79-77-132-71-69-128-63-61-124-55-53-120-47-45-116-39-37-112-10/h18-29,80-83H,11-17,30-79,84H2,1-10H3,(H,107,108)(H,109,110). The van der Waals surface area contributed by atoms with Crippen molar-refractivity contribution >= 4 is 24.5 Å². The Labute approximate surface area is 811 Å². The second-order valence-corrected chi connectivity index (χ2v) is 36.2. The molecule has 3 aliphatic rings. The van der Waals surface area contributed by atoms with Crippen molar-refractivity contribution in [2.75, 3.05) is 325 Å². The summed E-state index contributed by atoms with van der Waals surface area (Å²) >= 11 is 0. The van der Waals surface area contributed by atoms with Crippen molar-refractivity contribution in [2.45, 2.75) is 148 Å². The van der Waals surface area contributed by atoms with Crippen LogP contribution in [0.3, 0.4) is 0 Å². The molecule has 30 nitrogen and oxygen atoms in total. The molecule has 1 aliphatic heterocycles. The normalized spacial score (nSPS) is 15.1. The van der Waals surface area contributed by atoms with Gasteiger partial charge >= 0.3 is 13.1 Å². The molecule has 0 bridgehead atoms. The summed E-state index contributed by atoms with van der Waals surface area (Å²) in [6.07, 6.45) is 7.63. The number of fused-ring (bicyclic) bond motifs is 6. The molecule has 1 atom stereocenters. The quantitative estimate of drug-likeness (QED) is 0.0270. The molecule has 5 aromatic carbocycles. The number of carboxylic acid groups (broad SMARTS) is 1. The van der Waals surface area contributed by atoms with Crippen molar-refractivity contribution < 1.29 is 138 Å². The first kappa shape index (κ1) is 115. The molecule has 31 heteroatoms. The van der Waals surface area contributed by atoms with Crippen LogP contribution in [-0.2, 0) is 150 Å². The molecule has 2 aliphatic carbocycles. The Hall–Kier alpha value is -5.94. The van der Waals surface area contributed by atoms with E-state index in [1.807, 2.05) is 0 Å². The van der Waals surface area contributed by atoms with E-state index in [4.69, 9.17) is 123 Å². The smallest absolute Gasteiger partial charge is 0.481 e. The van der Waals surface area contributed by atoms with E-state index >= 15 is 0 Å². The van der Waals surface area contributed by atoms with E-state index in [0.717, 1.165) is 78.2 Å². The van der Waals surface area contributed by atoms with Gasteiger partial charge in [0.15, 0.2) is 0 Å². The molecule has 8 rings (SSSR count). The van der Waals surface area contributed by atoms with Crippen molar-refractivity contribution in [2.24, 2.45) is 5.41 Å². The molecule has 1 unspecified atom stereocenters. The lowest BCUT2D eigenvalue weighted by Gasteiger charge is -2.33. The maximum atomic E-state index is 13.1. The van der Waals surface area contributed by atoms with Gasteiger partial charge in [-0.2, -0.15) is 0 Å². The highest BCUT2D eigenvalue weighted by molar-refractivity contribution is 6.62. The fourth-order valence-corrected chi connectivity index (χ4v) is 16.2. The molecule has 1 saturated heterocycles. The molecule has 1 heterocycles. The highest BCUT2D eigenvalue weighted by atomic mass is 16.7. The van der Waals surface area contributed by atoms with Crippen LogP contribution in [0.25, 0.3) is 44.5 Å². The van der Waals surface area contributed by atoms with Gasteiger partial charge in [-0.25, -0.2) is 0 Å². The van der Waals surface area contributed by atoms with Crippen LogP contribution < -0.4 is 10.8 Å². The number of rotatable bonds is 87. The minimum atomic E-state index is -0.788. The molecule has 1 fully saturated rings. The molecule has 0 saturated carbocycles. The van der Waals surface area contributed by atoms with Crippen LogP contribution in [-0.4, -0.2) is 360 Å². The van der Waals surface area contributed by atoms with Gasteiger partial charge in [0, 0.05) is 57.6 Å². The van der Waals surface area contributed by atoms with Crippen LogP contribution in [0, 0.1) is 5.41 Å². The Kier molecular flexibility index (Phi) is 57.9. The van der Waals surface area contributed by atoms with E-state index in [1.165, 1.54) is 44.5 Å². The lowest BCUT2D eigenvalue weighted by atomic mass is 9.70. The van der Waals surface area contributed by atoms with E-state index in [2.05, 4.69) is 158 Å². The van der Waals surface area contributed by atoms with Crippen molar-refractivity contribution in [3.8, 4) is 44.5 Å². The number of amides is 1. The van der Waals surface area contributed by atoms with Gasteiger partial charge in [0.1, 0.15) is 0 Å². The van der Waals surface area contributed by atoms with Crippen molar-refractivity contribution in [1.82, 2.24) is 5.32 Å². The molecule has 0 aromatic heterocycles. The summed E-state index contributed by atoms with van der Waals surface area (Å²) in [6.45, 7) is 39.8. The van der Waals surface area contributed by atoms with Crippen molar-refractivity contribution in [3.63, 3.8) is 0 Å². The Morgan fingerprint density at radius 1 is 0.316 bits per heavy atom. The topological polar surface area (TPSA) is 306 Å². The third kappa shape index (κ3) is 43.9. The maximum Gasteiger partial charge on any atom is 0.494 e. The number of aliphatic carboxylic acids is 1. The summed E-state index contributed by atoms with van der Waals surface area (Å²) in [7, 11) is 2.77. The summed E-state index contributed by atoms with van der Waals surface area (Å²) in [4.78, 5) is 24.5. The van der Waals surface area contributed by atoms with Gasteiger partial charge in [0.25, 0.3) is 0 Å². The molecule has 766 valence electrons. The van der Waals surface area contributed by atoms with Crippen LogP contribution in [0.4, 0.5) is 0 Å². The third-order valence-corrected chi connectivity index (χ3v) is 24.1. The monoisotopic (exact) mass is 1910 g/mol. The first-order valence-electron chi connectivity index (χ1n) is 49.5. The molecule has 1 amide bonds. The van der Waals surface area contributed by atoms with Gasteiger partial charge in [0.2, 0.25) is 5.91 Å². The number of hydrogen-bond acceptors (Lipinski definition) is 28. The molecule has 2 N–H and O–H groups in total. The van der Waals surface area contributed by atoms with Gasteiger partial charge in [-0.05, 0) is 180 Å². The average molecular weight is 1920 g/mol. The highest BCUT2D eigenvalue weighted by Crippen LogP contribution is 2.57. The lowest BCUT2D eigenvalue weighted by molar-refractivity contribution is -0.137. The molecule has 0 spiro atoms. The zero-order chi connectivity index (χ0) is 96.7. The summed E-state index contributed by atoms with van der Waals surface area (Å²) in [5.41, 5.74) is 14.6. The average Bonchev–Trinajstić information content (AvgIpc) is 1.56. The second kappa shape index (κ2) is 68.3. The summed E-state index contributed by atoms with van der Waals surface area (Å²) < 4.78 is 149. The number of carbonyl (C=O) groups is 2. The molecule has 0 radical (unpaired) electrons. The number of unbranched alkanes of at least 4 members (excludes halogenated alkanes) is 1. The van der Waals surface area contributed by atoms with Gasteiger partial charge in [-0.15, -0.1) is 0 Å². The van der Waals surface area contributed by atoms with Crippen LogP contribution >= 0.6 is 0 Å². The summed E-state index contributed by atoms with van der Waals surface area (Å²) in [5.74, 6) is -0.703. The van der Waals surface area contributed by atoms with Gasteiger partial charge in [-0.3, -0.25) is 9.59 Å². The molecular weight excluding hydrogens is 1750 g/mol. The predicted molar refractivity (Wildman–Crippen MR) is 523 cm³/mol. The van der Waals surface area contributed by atoms with Crippen molar-refractivity contribution in [3.05, 3.63) is 125 Å². The minimum Gasteiger partial charge on any atom is -0.481 e. The first-order chi connectivity index (χ1) is 66.3. The fraction of sp³-hybridized carbons (Fsp3) is 0.695. The van der Waals surface area contributed by atoms with E-state index in [1.54, 1.807) is 14.2 Å². The highest BCUT2D eigenvalue weighted by Gasteiger charge is 2.53. The van der Waals surface area contributed by atoms with Crippen molar-refractivity contribution in [1.29, 1.82) is 0 Å². The largest absolute Gasteiger partial charge is 0.494 e. The van der Waals surface area contributed by atoms with Gasteiger partial charge < -0.3 is 133 Å². The van der Waals surface area contributed by atoms with Gasteiger partial charge in [-0.1, -0.05) is 113 Å². The summed E-state index contributed by atoms with van der Waals surface area (Å²) in [5, 5.41) is 12.7. The number of aryl methyl sites for hydroxylation is 1. The first-order valence-corrected chi connectivity index (χ1v) is 49.5. The lowest BCUT2D eigenvalue weighted by Crippen LogP contribution is -2.41. The van der Waals surface area contributed by atoms with Crippen LogP contribution in [0.5, 0.6) is 0 Å².